The molecular formula is C17H26N2O2. The molecule has 0 aliphatic carbocycles. The molecule has 1 atom stereocenters. The number of piperidine rings is 1. The average molecular weight is 290 g/mol. The molecule has 21 heavy (non-hydrogen) atoms. The average Bonchev–Trinajstić information content (AvgIpc) is 2.53. The van der Waals surface area contributed by atoms with Crippen molar-refractivity contribution in [3.63, 3.8) is 0 Å². The van der Waals surface area contributed by atoms with Crippen LogP contribution in [0.5, 0.6) is 5.75 Å². The molecule has 0 bridgehead atoms. The molecule has 4 heteroatoms. The minimum atomic E-state index is 0.126. The lowest BCUT2D eigenvalue weighted by molar-refractivity contribution is 0.0695. The van der Waals surface area contributed by atoms with E-state index in [2.05, 4.69) is 12.2 Å². The van der Waals surface area contributed by atoms with E-state index in [0.29, 0.717) is 12.6 Å². The van der Waals surface area contributed by atoms with E-state index in [1.165, 1.54) is 0 Å². The molecule has 0 aromatic heterocycles. The number of ether oxygens (including phenoxy) is 1. The fourth-order valence-electron chi connectivity index (χ4n) is 2.72. The Bertz CT molecular complexity index is 445. The number of likely N-dealkylation sites (tertiary alicyclic amines) is 1. The van der Waals surface area contributed by atoms with E-state index in [0.717, 1.165) is 50.2 Å². The number of nitrogens with one attached hydrogen (secondary N) is 1. The SMILES string of the molecule is CCCNC1CCCN(C(=O)c2ccc(OCC)cc2)C1. The van der Waals surface area contributed by atoms with Gasteiger partial charge in [0.2, 0.25) is 0 Å². The molecule has 1 heterocycles. The van der Waals surface area contributed by atoms with Crippen molar-refractivity contribution in [1.29, 1.82) is 0 Å². The minimum Gasteiger partial charge on any atom is -0.494 e. The predicted molar refractivity (Wildman–Crippen MR) is 84.8 cm³/mol. The van der Waals surface area contributed by atoms with Crippen LogP contribution in [0.25, 0.3) is 0 Å². The summed E-state index contributed by atoms with van der Waals surface area (Å²) in [6.07, 6.45) is 3.36. The molecule has 1 amide bonds. The Kier molecular flexibility index (Phi) is 6.05. The summed E-state index contributed by atoms with van der Waals surface area (Å²) in [5, 5.41) is 3.52. The zero-order valence-electron chi connectivity index (χ0n) is 13.1. The number of amides is 1. The molecule has 1 fully saturated rings. The molecule has 1 N–H and O–H groups in total. The predicted octanol–water partition coefficient (Wildman–Crippen LogP) is 2.69. The van der Waals surface area contributed by atoms with E-state index in [1.807, 2.05) is 36.1 Å². The third-order valence-electron chi connectivity index (χ3n) is 3.80. The Labute approximate surface area is 127 Å². The smallest absolute Gasteiger partial charge is 0.253 e. The van der Waals surface area contributed by atoms with Crippen LogP contribution in [0.3, 0.4) is 0 Å². The van der Waals surface area contributed by atoms with Gasteiger partial charge in [-0.1, -0.05) is 6.92 Å². The Balaban J connectivity index is 1.95. The quantitative estimate of drug-likeness (QED) is 0.876. The van der Waals surface area contributed by atoms with E-state index >= 15 is 0 Å². The first-order valence-corrected chi connectivity index (χ1v) is 8.00. The van der Waals surface area contributed by atoms with Gasteiger partial charge in [-0.05, 0) is 57.0 Å². The van der Waals surface area contributed by atoms with Gasteiger partial charge >= 0.3 is 0 Å². The maximum atomic E-state index is 12.5. The highest BCUT2D eigenvalue weighted by molar-refractivity contribution is 5.94. The van der Waals surface area contributed by atoms with Crippen molar-refractivity contribution >= 4 is 5.91 Å². The summed E-state index contributed by atoms with van der Waals surface area (Å²) in [5.41, 5.74) is 0.745. The van der Waals surface area contributed by atoms with Crippen molar-refractivity contribution in [2.75, 3.05) is 26.2 Å². The van der Waals surface area contributed by atoms with Gasteiger partial charge in [-0.2, -0.15) is 0 Å². The fraction of sp³-hybridized carbons (Fsp3) is 0.588. The summed E-state index contributed by atoms with van der Waals surface area (Å²) >= 11 is 0. The van der Waals surface area contributed by atoms with Crippen LogP contribution in [0, 0.1) is 0 Å². The van der Waals surface area contributed by atoms with Crippen LogP contribution >= 0.6 is 0 Å². The molecule has 1 aromatic rings. The molecule has 0 spiro atoms. The summed E-state index contributed by atoms with van der Waals surface area (Å²) in [6.45, 7) is 7.46. The second-order valence-corrected chi connectivity index (χ2v) is 5.50. The number of rotatable bonds is 6. The van der Waals surface area contributed by atoms with E-state index in [9.17, 15) is 4.79 Å². The highest BCUT2D eigenvalue weighted by Gasteiger charge is 2.23. The molecule has 4 nitrogen and oxygen atoms in total. The van der Waals surface area contributed by atoms with Gasteiger partial charge in [-0.15, -0.1) is 0 Å². The monoisotopic (exact) mass is 290 g/mol. The number of hydrogen-bond donors (Lipinski definition) is 1. The molecule has 1 aromatic carbocycles. The van der Waals surface area contributed by atoms with E-state index in [4.69, 9.17) is 4.74 Å². The van der Waals surface area contributed by atoms with Crippen LogP contribution in [0.1, 0.15) is 43.5 Å². The lowest BCUT2D eigenvalue weighted by Gasteiger charge is -2.33. The van der Waals surface area contributed by atoms with Crippen LogP contribution in [0.15, 0.2) is 24.3 Å². The number of carbonyl (C=O) groups excluding carboxylic acids is 1. The van der Waals surface area contributed by atoms with Gasteiger partial charge in [-0.3, -0.25) is 4.79 Å². The van der Waals surface area contributed by atoms with E-state index in [1.54, 1.807) is 0 Å². The van der Waals surface area contributed by atoms with Crippen molar-refractivity contribution in [1.82, 2.24) is 10.2 Å². The number of hydrogen-bond acceptors (Lipinski definition) is 3. The second kappa shape index (κ2) is 8.03. The molecule has 116 valence electrons. The van der Waals surface area contributed by atoms with Crippen molar-refractivity contribution in [3.8, 4) is 5.75 Å². The molecule has 1 aliphatic rings. The van der Waals surface area contributed by atoms with Crippen LogP contribution in [0.2, 0.25) is 0 Å². The Hall–Kier alpha value is -1.55. The zero-order chi connectivity index (χ0) is 15.1. The number of carbonyl (C=O) groups is 1. The standard InChI is InChI=1S/C17H26N2O2/c1-3-11-18-15-6-5-12-19(13-15)17(20)14-7-9-16(10-8-14)21-4-2/h7-10,15,18H,3-6,11-13H2,1-2H3. The van der Waals surface area contributed by atoms with Crippen molar-refractivity contribution < 1.29 is 9.53 Å². The molecule has 2 rings (SSSR count). The molecule has 1 aliphatic heterocycles. The number of benzene rings is 1. The largest absolute Gasteiger partial charge is 0.494 e. The van der Waals surface area contributed by atoms with Crippen LogP contribution in [-0.4, -0.2) is 43.1 Å². The normalized spacial score (nSPS) is 18.6. The lowest BCUT2D eigenvalue weighted by Crippen LogP contribution is -2.48. The molecule has 1 saturated heterocycles. The molecule has 0 radical (unpaired) electrons. The van der Waals surface area contributed by atoms with Crippen molar-refractivity contribution in [2.45, 2.75) is 39.2 Å². The first-order valence-electron chi connectivity index (χ1n) is 8.00. The third-order valence-corrected chi connectivity index (χ3v) is 3.80. The first kappa shape index (κ1) is 15.8. The number of nitrogens with zero attached hydrogens (tertiary/aromatic N) is 1. The van der Waals surface area contributed by atoms with Gasteiger partial charge in [-0.25, -0.2) is 0 Å². The molecular weight excluding hydrogens is 264 g/mol. The maximum Gasteiger partial charge on any atom is 0.253 e. The van der Waals surface area contributed by atoms with E-state index < -0.39 is 0 Å². The summed E-state index contributed by atoms with van der Waals surface area (Å²) in [7, 11) is 0. The van der Waals surface area contributed by atoms with Gasteiger partial charge in [0.25, 0.3) is 5.91 Å². The van der Waals surface area contributed by atoms with Crippen molar-refractivity contribution in [2.24, 2.45) is 0 Å². The van der Waals surface area contributed by atoms with Crippen LogP contribution in [0.4, 0.5) is 0 Å². The van der Waals surface area contributed by atoms with Crippen LogP contribution < -0.4 is 10.1 Å². The molecule has 0 saturated carbocycles. The Morgan fingerprint density at radius 1 is 1.33 bits per heavy atom. The summed E-state index contributed by atoms with van der Waals surface area (Å²) in [6, 6.07) is 7.89. The fourth-order valence-corrected chi connectivity index (χ4v) is 2.72. The summed E-state index contributed by atoms with van der Waals surface area (Å²) < 4.78 is 5.41. The van der Waals surface area contributed by atoms with Gasteiger partial charge < -0.3 is 15.0 Å². The van der Waals surface area contributed by atoms with Crippen LogP contribution in [-0.2, 0) is 0 Å². The Morgan fingerprint density at radius 2 is 2.10 bits per heavy atom. The van der Waals surface area contributed by atoms with Gasteiger partial charge in [0.1, 0.15) is 5.75 Å². The van der Waals surface area contributed by atoms with Gasteiger partial charge in [0.15, 0.2) is 0 Å². The third kappa shape index (κ3) is 4.46. The highest BCUT2D eigenvalue weighted by Crippen LogP contribution is 2.17. The lowest BCUT2D eigenvalue weighted by atomic mass is 10.0. The minimum absolute atomic E-state index is 0.126. The molecule has 1 unspecified atom stereocenters. The highest BCUT2D eigenvalue weighted by atomic mass is 16.5. The van der Waals surface area contributed by atoms with Gasteiger partial charge in [0, 0.05) is 24.7 Å². The summed E-state index contributed by atoms with van der Waals surface area (Å²) in [4.78, 5) is 14.5. The Morgan fingerprint density at radius 3 is 2.76 bits per heavy atom. The van der Waals surface area contributed by atoms with Crippen molar-refractivity contribution in [3.05, 3.63) is 29.8 Å². The first-order chi connectivity index (χ1) is 10.2. The second-order valence-electron chi connectivity index (χ2n) is 5.50. The van der Waals surface area contributed by atoms with Gasteiger partial charge in [0.05, 0.1) is 6.61 Å². The maximum absolute atomic E-state index is 12.5. The zero-order valence-corrected chi connectivity index (χ0v) is 13.1. The topological polar surface area (TPSA) is 41.6 Å². The van der Waals surface area contributed by atoms with E-state index in [-0.39, 0.29) is 5.91 Å². The summed E-state index contributed by atoms with van der Waals surface area (Å²) in [5.74, 6) is 0.941.